The van der Waals surface area contributed by atoms with E-state index in [1.54, 1.807) is 6.92 Å². The van der Waals surface area contributed by atoms with Crippen LogP contribution >= 0.6 is 0 Å². The lowest BCUT2D eigenvalue weighted by atomic mass is 9.87. The highest BCUT2D eigenvalue weighted by Gasteiger charge is 2.28. The number of nitrogens with one attached hydrogen (secondary N) is 2. The fourth-order valence-corrected chi connectivity index (χ4v) is 3.64. The molecule has 0 amide bonds. The van der Waals surface area contributed by atoms with Gasteiger partial charge in [-0.1, -0.05) is 48.5 Å². The van der Waals surface area contributed by atoms with Crippen LogP contribution in [0, 0.1) is 5.41 Å². The number of carbonyl (C=O) groups excluding carboxylic acids is 1. The second-order valence-corrected chi connectivity index (χ2v) is 7.29. The quantitative estimate of drug-likeness (QED) is 0.584. The SMILES string of the molecule is CC(=O)C(C(=N)c1ccccc1)c1[nH]c2ccccc2c1CCCN(C)C. The third kappa shape index (κ3) is 4.17. The Morgan fingerprint density at radius 3 is 2.41 bits per heavy atom. The molecule has 1 unspecified atom stereocenters. The van der Waals surface area contributed by atoms with Crippen LogP contribution < -0.4 is 0 Å². The molecule has 0 aliphatic rings. The molecule has 4 nitrogen and oxygen atoms in total. The number of ketones is 1. The van der Waals surface area contributed by atoms with E-state index in [1.165, 1.54) is 0 Å². The number of hydrogen-bond donors (Lipinski definition) is 2. The van der Waals surface area contributed by atoms with Crippen LogP contribution in [-0.4, -0.2) is 42.0 Å². The average Bonchev–Trinajstić information content (AvgIpc) is 3.00. The van der Waals surface area contributed by atoms with Gasteiger partial charge < -0.3 is 15.3 Å². The standard InChI is InChI=1S/C23H27N3O/c1-16(27)21(22(24)17-10-5-4-6-11-17)23-19(13-9-15-26(2)3)18-12-7-8-14-20(18)25-23/h4-8,10-12,14,21,24-25H,9,13,15H2,1-3H3. The van der Waals surface area contributed by atoms with Crippen LogP contribution in [0.5, 0.6) is 0 Å². The number of para-hydroxylation sites is 1. The van der Waals surface area contributed by atoms with Gasteiger partial charge in [0.2, 0.25) is 0 Å². The molecule has 1 aromatic heterocycles. The van der Waals surface area contributed by atoms with E-state index in [0.717, 1.165) is 47.1 Å². The van der Waals surface area contributed by atoms with Crippen LogP contribution in [0.25, 0.3) is 10.9 Å². The van der Waals surface area contributed by atoms with Crippen molar-refractivity contribution >= 4 is 22.4 Å². The minimum Gasteiger partial charge on any atom is -0.357 e. The summed E-state index contributed by atoms with van der Waals surface area (Å²) in [5.74, 6) is -0.585. The molecule has 2 N–H and O–H groups in total. The number of Topliss-reactive ketones (excluding diaryl/α,β-unsaturated/α-hetero) is 1. The number of rotatable bonds is 8. The third-order valence-electron chi connectivity index (χ3n) is 4.95. The summed E-state index contributed by atoms with van der Waals surface area (Å²) in [6.45, 7) is 2.57. The average molecular weight is 361 g/mol. The van der Waals surface area contributed by atoms with Crippen molar-refractivity contribution in [1.29, 1.82) is 5.41 Å². The number of benzene rings is 2. The number of nitrogens with zero attached hydrogens (tertiary/aromatic N) is 1. The van der Waals surface area contributed by atoms with Gasteiger partial charge in [-0.25, -0.2) is 0 Å². The lowest BCUT2D eigenvalue weighted by molar-refractivity contribution is -0.117. The van der Waals surface area contributed by atoms with Gasteiger partial charge in [0.15, 0.2) is 0 Å². The van der Waals surface area contributed by atoms with Gasteiger partial charge in [-0.15, -0.1) is 0 Å². The lowest BCUT2D eigenvalue weighted by Gasteiger charge is -2.17. The van der Waals surface area contributed by atoms with Gasteiger partial charge in [0, 0.05) is 16.6 Å². The number of fused-ring (bicyclic) bond motifs is 1. The summed E-state index contributed by atoms with van der Waals surface area (Å²) >= 11 is 0. The highest BCUT2D eigenvalue weighted by Crippen LogP contribution is 2.31. The molecule has 1 heterocycles. The van der Waals surface area contributed by atoms with Crippen molar-refractivity contribution in [3.05, 3.63) is 71.4 Å². The molecule has 4 heteroatoms. The molecule has 0 saturated carbocycles. The molecule has 2 aromatic carbocycles. The number of aromatic amines is 1. The minimum absolute atomic E-state index is 0.00994. The van der Waals surface area contributed by atoms with Gasteiger partial charge in [-0.05, 0) is 57.6 Å². The molecule has 0 saturated heterocycles. The summed E-state index contributed by atoms with van der Waals surface area (Å²) in [6, 6.07) is 17.7. The van der Waals surface area contributed by atoms with E-state index in [4.69, 9.17) is 5.41 Å². The maximum Gasteiger partial charge on any atom is 0.144 e. The largest absolute Gasteiger partial charge is 0.357 e. The fraction of sp³-hybridized carbons (Fsp3) is 0.304. The van der Waals surface area contributed by atoms with E-state index in [-0.39, 0.29) is 5.78 Å². The Morgan fingerprint density at radius 1 is 1.07 bits per heavy atom. The first-order valence-electron chi connectivity index (χ1n) is 9.37. The van der Waals surface area contributed by atoms with Crippen molar-refractivity contribution in [2.45, 2.75) is 25.7 Å². The first-order valence-corrected chi connectivity index (χ1v) is 9.37. The van der Waals surface area contributed by atoms with E-state index >= 15 is 0 Å². The van der Waals surface area contributed by atoms with E-state index in [0.29, 0.717) is 5.71 Å². The predicted octanol–water partition coefficient (Wildman–Crippen LogP) is 4.40. The maximum absolute atomic E-state index is 12.6. The Bertz CT molecular complexity index is 941. The van der Waals surface area contributed by atoms with E-state index in [2.05, 4.69) is 30.0 Å². The Kier molecular flexibility index (Phi) is 5.87. The van der Waals surface area contributed by atoms with Gasteiger partial charge in [-0.3, -0.25) is 4.79 Å². The number of hydrogen-bond acceptors (Lipinski definition) is 3. The highest BCUT2D eigenvalue weighted by molar-refractivity contribution is 6.16. The fourth-order valence-electron chi connectivity index (χ4n) is 3.64. The van der Waals surface area contributed by atoms with Gasteiger partial charge in [0.1, 0.15) is 5.78 Å². The summed E-state index contributed by atoms with van der Waals surface area (Å²) in [5, 5.41) is 9.87. The van der Waals surface area contributed by atoms with Crippen LogP contribution in [0.2, 0.25) is 0 Å². The van der Waals surface area contributed by atoms with Gasteiger partial charge in [-0.2, -0.15) is 0 Å². The Balaban J connectivity index is 2.06. The molecule has 3 aromatic rings. The van der Waals surface area contributed by atoms with Crippen molar-refractivity contribution in [3.63, 3.8) is 0 Å². The van der Waals surface area contributed by atoms with Crippen molar-refractivity contribution in [2.24, 2.45) is 0 Å². The van der Waals surface area contributed by atoms with Gasteiger partial charge in [0.25, 0.3) is 0 Å². The summed E-state index contributed by atoms with van der Waals surface area (Å²) in [4.78, 5) is 18.2. The van der Waals surface area contributed by atoms with Crippen LogP contribution in [-0.2, 0) is 11.2 Å². The molecule has 27 heavy (non-hydrogen) atoms. The first-order chi connectivity index (χ1) is 13.0. The van der Waals surface area contributed by atoms with Crippen LogP contribution in [0.1, 0.15) is 36.1 Å². The highest BCUT2D eigenvalue weighted by atomic mass is 16.1. The Labute approximate surface area is 160 Å². The molecule has 0 bridgehead atoms. The molecule has 0 aliphatic heterocycles. The van der Waals surface area contributed by atoms with Gasteiger partial charge >= 0.3 is 0 Å². The van der Waals surface area contributed by atoms with E-state index in [1.807, 2.05) is 48.5 Å². The summed E-state index contributed by atoms with van der Waals surface area (Å²) in [6.07, 6.45) is 1.88. The van der Waals surface area contributed by atoms with Crippen LogP contribution in [0.15, 0.2) is 54.6 Å². The summed E-state index contributed by atoms with van der Waals surface area (Å²) in [7, 11) is 4.14. The normalized spacial score (nSPS) is 12.4. The molecule has 140 valence electrons. The summed E-state index contributed by atoms with van der Waals surface area (Å²) in [5.41, 5.74) is 4.20. The van der Waals surface area contributed by atoms with Crippen molar-refractivity contribution < 1.29 is 4.79 Å². The van der Waals surface area contributed by atoms with Crippen molar-refractivity contribution in [1.82, 2.24) is 9.88 Å². The first kappa shape index (κ1) is 19.1. The molecular weight excluding hydrogens is 334 g/mol. The molecular formula is C23H27N3O. The number of aryl methyl sites for hydroxylation is 1. The number of aromatic nitrogens is 1. The molecule has 0 fully saturated rings. The van der Waals surface area contributed by atoms with Crippen LogP contribution in [0.3, 0.4) is 0 Å². The number of H-pyrrole nitrogens is 1. The molecule has 1 atom stereocenters. The van der Waals surface area contributed by atoms with E-state index in [9.17, 15) is 4.79 Å². The zero-order valence-corrected chi connectivity index (χ0v) is 16.3. The third-order valence-corrected chi connectivity index (χ3v) is 4.95. The minimum atomic E-state index is -0.575. The van der Waals surface area contributed by atoms with Crippen molar-refractivity contribution in [3.8, 4) is 0 Å². The van der Waals surface area contributed by atoms with Crippen molar-refractivity contribution in [2.75, 3.05) is 20.6 Å². The second kappa shape index (κ2) is 8.31. The molecule has 3 rings (SSSR count). The molecule has 0 radical (unpaired) electrons. The zero-order chi connectivity index (χ0) is 19.4. The molecule has 0 spiro atoms. The van der Waals surface area contributed by atoms with Crippen LogP contribution in [0.4, 0.5) is 0 Å². The Hall–Kier alpha value is -2.72. The van der Waals surface area contributed by atoms with E-state index < -0.39 is 5.92 Å². The summed E-state index contributed by atoms with van der Waals surface area (Å²) < 4.78 is 0. The lowest BCUT2D eigenvalue weighted by Crippen LogP contribution is -2.22. The predicted molar refractivity (Wildman–Crippen MR) is 112 cm³/mol. The second-order valence-electron chi connectivity index (χ2n) is 7.29. The zero-order valence-electron chi connectivity index (χ0n) is 16.3. The Morgan fingerprint density at radius 2 is 1.74 bits per heavy atom. The smallest absolute Gasteiger partial charge is 0.144 e. The maximum atomic E-state index is 12.6. The molecule has 0 aliphatic carbocycles. The monoisotopic (exact) mass is 361 g/mol. The van der Waals surface area contributed by atoms with Gasteiger partial charge in [0.05, 0.1) is 11.6 Å². The topological polar surface area (TPSA) is 60.0 Å². The number of carbonyl (C=O) groups is 1.